The molecule has 1 amide bonds. The van der Waals surface area contributed by atoms with Crippen LogP contribution in [0.3, 0.4) is 0 Å². The summed E-state index contributed by atoms with van der Waals surface area (Å²) < 4.78 is 30.0. The van der Waals surface area contributed by atoms with Crippen LogP contribution in [0.25, 0.3) is 10.9 Å². The maximum atomic E-state index is 13.6. The molecular formula is C24H29FN2O4S. The van der Waals surface area contributed by atoms with Gasteiger partial charge in [0, 0.05) is 40.5 Å². The number of methoxy groups -OCH3 is 2. The maximum Gasteiger partial charge on any atom is 0.410 e. The van der Waals surface area contributed by atoms with Crippen molar-refractivity contribution in [2.24, 2.45) is 0 Å². The second-order valence-electron chi connectivity index (χ2n) is 8.41. The van der Waals surface area contributed by atoms with Crippen LogP contribution in [-0.4, -0.2) is 49.4 Å². The number of fused-ring (bicyclic) bond motifs is 1. The molecule has 1 N–H and O–H groups in total. The number of nitrogens with zero attached hydrogens (tertiary/aromatic N) is 1. The third kappa shape index (κ3) is 5.68. The number of amides is 1. The summed E-state index contributed by atoms with van der Waals surface area (Å²) in [7, 11) is 4.90. The molecule has 32 heavy (non-hydrogen) atoms. The van der Waals surface area contributed by atoms with Crippen LogP contribution in [0.2, 0.25) is 0 Å². The van der Waals surface area contributed by atoms with Gasteiger partial charge in [-0.05, 0) is 63.1 Å². The molecule has 0 saturated carbocycles. The van der Waals surface area contributed by atoms with Crippen molar-refractivity contribution in [1.82, 2.24) is 9.88 Å². The number of rotatable bonds is 7. The van der Waals surface area contributed by atoms with Crippen molar-refractivity contribution in [3.05, 3.63) is 47.9 Å². The van der Waals surface area contributed by atoms with Gasteiger partial charge in [0.2, 0.25) is 0 Å². The average molecular weight is 461 g/mol. The highest BCUT2D eigenvalue weighted by Gasteiger charge is 2.20. The molecule has 6 nitrogen and oxygen atoms in total. The Hall–Kier alpha value is -2.87. The summed E-state index contributed by atoms with van der Waals surface area (Å²) >= 11 is 1.55. The third-order valence-corrected chi connectivity index (χ3v) is 5.97. The van der Waals surface area contributed by atoms with Crippen LogP contribution in [0.4, 0.5) is 9.18 Å². The molecule has 0 aliphatic carbocycles. The van der Waals surface area contributed by atoms with E-state index < -0.39 is 5.60 Å². The van der Waals surface area contributed by atoms with Crippen LogP contribution >= 0.6 is 11.8 Å². The molecule has 8 heteroatoms. The zero-order valence-corrected chi connectivity index (χ0v) is 20.1. The van der Waals surface area contributed by atoms with Crippen LogP contribution in [0.15, 0.2) is 46.3 Å². The lowest BCUT2D eigenvalue weighted by Gasteiger charge is -2.25. The Morgan fingerprint density at radius 1 is 1.09 bits per heavy atom. The van der Waals surface area contributed by atoms with E-state index in [1.54, 1.807) is 44.0 Å². The summed E-state index contributed by atoms with van der Waals surface area (Å²) in [6.45, 7) is 6.00. The van der Waals surface area contributed by atoms with E-state index in [2.05, 4.69) is 4.98 Å². The molecule has 3 aromatic rings. The fourth-order valence-electron chi connectivity index (χ4n) is 3.19. The molecule has 0 radical (unpaired) electrons. The Labute approximate surface area is 192 Å². The van der Waals surface area contributed by atoms with Gasteiger partial charge in [-0.3, -0.25) is 0 Å². The second kappa shape index (κ2) is 9.73. The number of hydrogen-bond donors (Lipinski definition) is 1. The van der Waals surface area contributed by atoms with Gasteiger partial charge in [0.25, 0.3) is 0 Å². The smallest absolute Gasteiger partial charge is 0.410 e. The number of carbonyl (C=O) groups excluding carboxylic acids is 1. The summed E-state index contributed by atoms with van der Waals surface area (Å²) in [5, 5.41) is 0.933. The van der Waals surface area contributed by atoms with E-state index in [0.717, 1.165) is 26.3 Å². The van der Waals surface area contributed by atoms with Gasteiger partial charge in [-0.2, -0.15) is 0 Å². The predicted octanol–water partition coefficient (Wildman–Crippen LogP) is 5.88. The molecule has 0 saturated heterocycles. The van der Waals surface area contributed by atoms with Crippen LogP contribution in [0, 0.1) is 5.82 Å². The largest absolute Gasteiger partial charge is 0.493 e. The zero-order chi connectivity index (χ0) is 23.5. The van der Waals surface area contributed by atoms with Gasteiger partial charge in [0.1, 0.15) is 11.4 Å². The summed E-state index contributed by atoms with van der Waals surface area (Å²) in [6, 6.07) is 8.55. The van der Waals surface area contributed by atoms with E-state index >= 15 is 0 Å². The highest BCUT2D eigenvalue weighted by molar-refractivity contribution is 7.99. The molecular weight excluding hydrogens is 431 g/mol. The molecule has 2 aromatic carbocycles. The van der Waals surface area contributed by atoms with Gasteiger partial charge in [-0.1, -0.05) is 11.8 Å². The number of halogens is 1. The number of aromatic amines is 1. The summed E-state index contributed by atoms with van der Waals surface area (Å²) in [5.74, 6) is 0.950. The van der Waals surface area contributed by atoms with Crippen molar-refractivity contribution in [3.8, 4) is 11.5 Å². The van der Waals surface area contributed by atoms with Gasteiger partial charge in [0.15, 0.2) is 11.5 Å². The standard InChI is InChI=1S/C24H29FN2O4S/c1-24(2,3)31-23(28)27(4)10-9-15-11-19(29-5)20(30-6)13-21(15)32-22-14-26-18-12-16(25)7-8-17(18)22/h7-8,11-14,26H,9-10H2,1-6H3. The molecule has 0 unspecified atom stereocenters. The van der Waals surface area contributed by atoms with Crippen molar-refractivity contribution in [3.63, 3.8) is 0 Å². The molecule has 0 aliphatic heterocycles. The molecule has 3 rings (SSSR count). The molecule has 0 aliphatic rings. The first-order valence-corrected chi connectivity index (χ1v) is 11.1. The van der Waals surface area contributed by atoms with Crippen molar-refractivity contribution in [1.29, 1.82) is 0 Å². The first kappa shape index (κ1) is 23.8. The average Bonchev–Trinajstić information content (AvgIpc) is 3.12. The Balaban J connectivity index is 1.88. The Kier molecular flexibility index (Phi) is 7.23. The maximum absolute atomic E-state index is 13.6. The van der Waals surface area contributed by atoms with E-state index in [9.17, 15) is 9.18 Å². The minimum absolute atomic E-state index is 0.284. The number of carbonyl (C=O) groups is 1. The molecule has 1 aromatic heterocycles. The van der Waals surface area contributed by atoms with Gasteiger partial charge >= 0.3 is 6.09 Å². The monoisotopic (exact) mass is 460 g/mol. The Morgan fingerprint density at radius 3 is 2.44 bits per heavy atom. The van der Waals surface area contributed by atoms with Crippen molar-refractivity contribution >= 4 is 28.8 Å². The van der Waals surface area contributed by atoms with Crippen LogP contribution in [-0.2, 0) is 11.2 Å². The molecule has 172 valence electrons. The first-order chi connectivity index (χ1) is 15.1. The van der Waals surface area contributed by atoms with E-state index in [-0.39, 0.29) is 11.9 Å². The number of nitrogens with one attached hydrogen (secondary N) is 1. The minimum atomic E-state index is -0.551. The number of likely N-dealkylation sites (N-methyl/N-ethyl adjacent to an activating group) is 1. The zero-order valence-electron chi connectivity index (χ0n) is 19.2. The molecule has 0 atom stereocenters. The normalized spacial score (nSPS) is 11.5. The number of aromatic nitrogens is 1. The van der Waals surface area contributed by atoms with E-state index in [0.29, 0.717) is 24.5 Å². The fraction of sp³-hybridized carbons (Fsp3) is 0.375. The fourth-order valence-corrected chi connectivity index (χ4v) is 4.29. The van der Waals surface area contributed by atoms with E-state index in [1.165, 1.54) is 12.1 Å². The lowest BCUT2D eigenvalue weighted by atomic mass is 10.1. The highest BCUT2D eigenvalue weighted by atomic mass is 32.2. The van der Waals surface area contributed by atoms with Crippen molar-refractivity contribution in [2.75, 3.05) is 27.8 Å². The SMILES string of the molecule is COc1cc(CCN(C)C(=O)OC(C)(C)C)c(Sc2c[nH]c3cc(F)ccc23)cc1OC. The van der Waals surface area contributed by atoms with Crippen molar-refractivity contribution < 1.29 is 23.4 Å². The number of hydrogen-bond acceptors (Lipinski definition) is 5. The van der Waals surface area contributed by atoms with Gasteiger partial charge in [-0.25, -0.2) is 9.18 Å². The third-order valence-electron chi connectivity index (χ3n) is 4.81. The second-order valence-corrected chi connectivity index (χ2v) is 9.50. The Bertz CT molecular complexity index is 1110. The topological polar surface area (TPSA) is 63.8 Å². The van der Waals surface area contributed by atoms with Crippen LogP contribution in [0.1, 0.15) is 26.3 Å². The summed E-state index contributed by atoms with van der Waals surface area (Å²) in [5.41, 5.74) is 1.18. The minimum Gasteiger partial charge on any atom is -0.493 e. The summed E-state index contributed by atoms with van der Waals surface area (Å²) in [4.78, 5) is 18.9. The lowest BCUT2D eigenvalue weighted by Crippen LogP contribution is -2.35. The van der Waals surface area contributed by atoms with E-state index in [4.69, 9.17) is 14.2 Å². The molecule has 0 fully saturated rings. The molecule has 0 spiro atoms. The van der Waals surface area contributed by atoms with Crippen LogP contribution < -0.4 is 9.47 Å². The number of ether oxygens (including phenoxy) is 3. The summed E-state index contributed by atoms with van der Waals surface area (Å²) in [6.07, 6.45) is 2.09. The predicted molar refractivity (Wildman–Crippen MR) is 124 cm³/mol. The quantitative estimate of drug-likeness (QED) is 0.477. The number of H-pyrrole nitrogens is 1. The Morgan fingerprint density at radius 2 is 1.78 bits per heavy atom. The van der Waals surface area contributed by atoms with Gasteiger partial charge < -0.3 is 24.1 Å². The number of benzene rings is 2. The first-order valence-electron chi connectivity index (χ1n) is 10.2. The highest BCUT2D eigenvalue weighted by Crippen LogP contribution is 2.41. The molecule has 0 bridgehead atoms. The lowest BCUT2D eigenvalue weighted by molar-refractivity contribution is 0.0300. The molecule has 1 heterocycles. The van der Waals surface area contributed by atoms with Crippen LogP contribution in [0.5, 0.6) is 11.5 Å². The van der Waals surface area contributed by atoms with Gasteiger partial charge in [0.05, 0.1) is 14.2 Å². The van der Waals surface area contributed by atoms with Gasteiger partial charge in [-0.15, -0.1) is 0 Å². The van der Waals surface area contributed by atoms with Crippen molar-refractivity contribution in [2.45, 2.75) is 42.6 Å². The van der Waals surface area contributed by atoms with E-state index in [1.807, 2.05) is 39.1 Å².